The average Bonchev–Trinajstić information content (AvgIpc) is 2.74. The number of benzene rings is 1. The second-order valence-electron chi connectivity index (χ2n) is 4.59. The van der Waals surface area contributed by atoms with Crippen molar-refractivity contribution < 1.29 is 5.11 Å². The summed E-state index contributed by atoms with van der Waals surface area (Å²) in [7, 11) is 0. The lowest BCUT2D eigenvalue weighted by Crippen LogP contribution is -2.09. The summed E-state index contributed by atoms with van der Waals surface area (Å²) in [5.74, 6) is 0.104. The molecule has 2 heterocycles. The summed E-state index contributed by atoms with van der Waals surface area (Å²) in [6.07, 6.45) is 0.767. The van der Waals surface area contributed by atoms with Crippen LogP contribution in [0.2, 0.25) is 0 Å². The molecule has 0 radical (unpaired) electrons. The Hall–Kier alpha value is -2.76. The van der Waals surface area contributed by atoms with Gasteiger partial charge in [-0.05, 0) is 12.0 Å². The van der Waals surface area contributed by atoms with Gasteiger partial charge in [-0.15, -0.1) is 0 Å². The summed E-state index contributed by atoms with van der Waals surface area (Å²) in [5, 5.41) is 13.9. The summed E-state index contributed by atoms with van der Waals surface area (Å²) in [6.45, 7) is 0.574. The number of pyridine rings is 1. The molecular weight excluding hydrogens is 256 g/mol. The first-order chi connectivity index (χ1) is 9.65. The predicted molar refractivity (Wildman–Crippen MR) is 76.6 cm³/mol. The second-order valence-corrected chi connectivity index (χ2v) is 4.59. The standard InChI is InChI=1S/C14H14N4O2/c15-13-12-10(8-11(19)16-14(12)20)17-18(13)7-6-9-4-2-1-3-5-9/h1-5,8,19H,6-7,15H2,(H,16,20). The number of aromatic hydroxyl groups is 1. The normalized spacial score (nSPS) is 11.0. The quantitative estimate of drug-likeness (QED) is 0.667. The van der Waals surface area contributed by atoms with Crippen molar-refractivity contribution in [2.45, 2.75) is 13.0 Å². The number of nitrogen functional groups attached to an aromatic ring is 1. The van der Waals surface area contributed by atoms with E-state index in [4.69, 9.17) is 5.73 Å². The molecule has 0 unspecified atom stereocenters. The number of nitrogens with two attached hydrogens (primary N) is 1. The molecule has 0 saturated heterocycles. The van der Waals surface area contributed by atoms with Gasteiger partial charge in [0.2, 0.25) is 0 Å². The molecule has 0 aliphatic heterocycles. The Morgan fingerprint density at radius 3 is 2.80 bits per heavy atom. The molecule has 1 aromatic carbocycles. The van der Waals surface area contributed by atoms with Gasteiger partial charge in [0.1, 0.15) is 16.7 Å². The number of aryl methyl sites for hydroxylation is 2. The molecule has 4 N–H and O–H groups in total. The molecule has 102 valence electrons. The van der Waals surface area contributed by atoms with Gasteiger partial charge in [-0.25, -0.2) is 4.68 Å². The average molecular weight is 270 g/mol. The Bertz CT molecular complexity index is 805. The smallest absolute Gasteiger partial charge is 0.263 e. The number of anilines is 1. The van der Waals surface area contributed by atoms with Crippen molar-refractivity contribution in [2.24, 2.45) is 0 Å². The van der Waals surface area contributed by atoms with Crippen LogP contribution in [0.1, 0.15) is 5.56 Å². The van der Waals surface area contributed by atoms with E-state index < -0.39 is 5.56 Å². The molecule has 3 aromatic rings. The van der Waals surface area contributed by atoms with E-state index in [1.54, 1.807) is 4.68 Å². The second kappa shape index (κ2) is 4.73. The first kappa shape index (κ1) is 12.3. The molecule has 0 fully saturated rings. The van der Waals surface area contributed by atoms with Crippen LogP contribution in [0.3, 0.4) is 0 Å². The third-order valence-electron chi connectivity index (χ3n) is 3.22. The first-order valence-electron chi connectivity index (χ1n) is 6.27. The van der Waals surface area contributed by atoms with E-state index in [9.17, 15) is 9.90 Å². The molecule has 0 spiro atoms. The van der Waals surface area contributed by atoms with Crippen LogP contribution in [0.15, 0.2) is 41.2 Å². The molecule has 0 aliphatic rings. The van der Waals surface area contributed by atoms with Crippen LogP contribution in [0, 0.1) is 0 Å². The fourth-order valence-corrected chi connectivity index (χ4v) is 2.22. The van der Waals surface area contributed by atoms with Crippen molar-refractivity contribution in [3.63, 3.8) is 0 Å². The van der Waals surface area contributed by atoms with Gasteiger partial charge in [0.25, 0.3) is 5.56 Å². The minimum atomic E-state index is -0.427. The van der Waals surface area contributed by atoms with Gasteiger partial charge < -0.3 is 10.8 Å². The number of hydrogen-bond donors (Lipinski definition) is 3. The highest BCUT2D eigenvalue weighted by Gasteiger charge is 2.12. The largest absolute Gasteiger partial charge is 0.494 e. The van der Waals surface area contributed by atoms with Crippen LogP contribution in [0.25, 0.3) is 10.9 Å². The fourth-order valence-electron chi connectivity index (χ4n) is 2.22. The molecule has 0 bridgehead atoms. The third-order valence-corrected chi connectivity index (χ3v) is 3.22. The number of hydrogen-bond acceptors (Lipinski definition) is 4. The maximum absolute atomic E-state index is 11.8. The van der Waals surface area contributed by atoms with E-state index in [0.29, 0.717) is 23.3 Å². The molecule has 6 heteroatoms. The van der Waals surface area contributed by atoms with Gasteiger partial charge in [-0.2, -0.15) is 5.10 Å². The number of nitrogens with zero attached hydrogens (tertiary/aromatic N) is 2. The lowest BCUT2D eigenvalue weighted by atomic mass is 10.1. The molecule has 20 heavy (non-hydrogen) atoms. The maximum Gasteiger partial charge on any atom is 0.263 e. The first-order valence-corrected chi connectivity index (χ1v) is 6.27. The van der Waals surface area contributed by atoms with Gasteiger partial charge in [-0.1, -0.05) is 30.3 Å². The van der Waals surface area contributed by atoms with Gasteiger partial charge in [-0.3, -0.25) is 9.78 Å². The molecule has 0 aliphatic carbocycles. The molecule has 0 amide bonds. The molecule has 2 aromatic heterocycles. The van der Waals surface area contributed by atoms with Crippen molar-refractivity contribution in [3.8, 4) is 5.88 Å². The Balaban J connectivity index is 1.95. The van der Waals surface area contributed by atoms with Crippen LogP contribution in [0.4, 0.5) is 5.82 Å². The third kappa shape index (κ3) is 2.11. The molecule has 0 atom stereocenters. The Morgan fingerprint density at radius 1 is 1.30 bits per heavy atom. The highest BCUT2D eigenvalue weighted by atomic mass is 16.3. The topological polar surface area (TPSA) is 96.9 Å². The number of H-pyrrole nitrogens is 1. The van der Waals surface area contributed by atoms with Crippen LogP contribution in [0.5, 0.6) is 5.88 Å². The van der Waals surface area contributed by atoms with E-state index in [1.165, 1.54) is 11.6 Å². The van der Waals surface area contributed by atoms with Crippen molar-refractivity contribution in [2.75, 3.05) is 5.73 Å². The lowest BCUT2D eigenvalue weighted by Gasteiger charge is -2.03. The van der Waals surface area contributed by atoms with Crippen LogP contribution >= 0.6 is 0 Å². The van der Waals surface area contributed by atoms with E-state index >= 15 is 0 Å². The Morgan fingerprint density at radius 2 is 2.05 bits per heavy atom. The Kier molecular flexibility index (Phi) is 2.90. The van der Waals surface area contributed by atoms with Gasteiger partial charge >= 0.3 is 0 Å². The highest BCUT2D eigenvalue weighted by Crippen LogP contribution is 2.19. The van der Waals surface area contributed by atoms with Crippen molar-refractivity contribution >= 4 is 16.7 Å². The SMILES string of the molecule is Nc1c2c(=O)[nH]c(O)cc2nn1CCc1ccccc1. The van der Waals surface area contributed by atoms with E-state index in [0.717, 1.165) is 6.42 Å². The van der Waals surface area contributed by atoms with Gasteiger partial charge in [0, 0.05) is 12.6 Å². The monoisotopic (exact) mass is 270 g/mol. The predicted octanol–water partition coefficient (Wildman–Crippen LogP) is 1.26. The zero-order valence-corrected chi connectivity index (χ0v) is 10.7. The summed E-state index contributed by atoms with van der Waals surface area (Å²) in [6, 6.07) is 11.4. The van der Waals surface area contributed by atoms with Crippen LogP contribution in [-0.2, 0) is 13.0 Å². The fraction of sp³-hybridized carbons (Fsp3) is 0.143. The van der Waals surface area contributed by atoms with Gasteiger partial charge in [0.15, 0.2) is 5.88 Å². The number of nitrogens with one attached hydrogen (secondary N) is 1. The van der Waals surface area contributed by atoms with Crippen LogP contribution in [-0.4, -0.2) is 19.9 Å². The minimum absolute atomic E-state index is 0.213. The van der Waals surface area contributed by atoms with Crippen LogP contribution < -0.4 is 11.3 Å². The Labute approximate surface area is 114 Å². The zero-order valence-electron chi connectivity index (χ0n) is 10.7. The van der Waals surface area contributed by atoms with Crippen molar-refractivity contribution in [3.05, 3.63) is 52.3 Å². The molecule has 3 rings (SSSR count). The van der Waals surface area contributed by atoms with Gasteiger partial charge in [0.05, 0.1) is 0 Å². The van der Waals surface area contributed by atoms with E-state index in [-0.39, 0.29) is 5.88 Å². The van der Waals surface area contributed by atoms with Crippen molar-refractivity contribution in [1.82, 2.24) is 14.8 Å². The summed E-state index contributed by atoms with van der Waals surface area (Å²) in [4.78, 5) is 14.1. The number of aromatic nitrogens is 3. The number of rotatable bonds is 3. The molecule has 6 nitrogen and oxygen atoms in total. The zero-order chi connectivity index (χ0) is 14.1. The minimum Gasteiger partial charge on any atom is -0.494 e. The van der Waals surface area contributed by atoms with E-state index in [2.05, 4.69) is 10.1 Å². The van der Waals surface area contributed by atoms with Crippen molar-refractivity contribution in [1.29, 1.82) is 0 Å². The summed E-state index contributed by atoms with van der Waals surface area (Å²) in [5.41, 5.74) is 7.09. The summed E-state index contributed by atoms with van der Waals surface area (Å²) >= 11 is 0. The maximum atomic E-state index is 11.8. The summed E-state index contributed by atoms with van der Waals surface area (Å²) < 4.78 is 1.59. The highest BCUT2D eigenvalue weighted by molar-refractivity contribution is 5.88. The lowest BCUT2D eigenvalue weighted by molar-refractivity contribution is 0.453. The van der Waals surface area contributed by atoms with E-state index in [1.807, 2.05) is 30.3 Å². The number of aromatic amines is 1. The number of fused-ring (bicyclic) bond motifs is 1. The molecule has 0 saturated carbocycles. The molecular formula is C14H14N4O2.